The molecule has 1 saturated heterocycles. The average molecular weight is 494 g/mol. The van der Waals surface area contributed by atoms with E-state index in [1.54, 1.807) is 56.8 Å². The molecule has 2 heterocycles. The largest absolute Gasteiger partial charge is 0.530 e. The number of anilines is 1. The van der Waals surface area contributed by atoms with Gasteiger partial charge in [0.1, 0.15) is 17.6 Å². The molecule has 1 aliphatic rings. The van der Waals surface area contributed by atoms with Crippen molar-refractivity contribution in [2.75, 3.05) is 26.1 Å². The van der Waals surface area contributed by atoms with Crippen LogP contribution in [-0.2, 0) is 0 Å². The van der Waals surface area contributed by atoms with Gasteiger partial charge in [0.2, 0.25) is 0 Å². The first-order valence-electron chi connectivity index (χ1n) is 11.8. The number of ether oxygens (including phenoxy) is 3. The van der Waals surface area contributed by atoms with E-state index < -0.39 is 6.09 Å². The molecule has 190 valence electrons. The number of carboxylic acid groups (broad SMARTS) is 1. The van der Waals surface area contributed by atoms with Crippen LogP contribution in [0.25, 0.3) is 10.9 Å². The number of rotatable bonds is 7. The second-order valence-corrected chi connectivity index (χ2v) is 8.50. The summed E-state index contributed by atoms with van der Waals surface area (Å²) in [4.78, 5) is 29.5. The number of amides is 3. The van der Waals surface area contributed by atoms with Crippen LogP contribution in [0.5, 0.6) is 23.0 Å². The fourth-order valence-electron chi connectivity index (χ4n) is 4.43. The zero-order valence-corrected chi connectivity index (χ0v) is 20.4. The van der Waals surface area contributed by atoms with E-state index in [2.05, 4.69) is 15.6 Å². The first kappa shape index (κ1) is 24.9. The number of nitrogens with one attached hydrogen (secondary N) is 2. The van der Waals surface area contributed by atoms with E-state index in [0.29, 0.717) is 60.0 Å². The number of carbonyl (C=O) groups excluding carboxylic acids is 2. The van der Waals surface area contributed by atoms with E-state index in [-0.39, 0.29) is 18.1 Å². The molecule has 0 saturated carbocycles. The second kappa shape index (κ2) is 11.0. The molecular weight excluding hydrogens is 464 g/mol. The van der Waals surface area contributed by atoms with Crippen LogP contribution in [0.2, 0.25) is 0 Å². The van der Waals surface area contributed by atoms with Crippen LogP contribution in [0.15, 0.2) is 48.7 Å². The maximum Gasteiger partial charge on any atom is 0.319 e. The molecule has 3 amide bonds. The minimum absolute atomic E-state index is 0.108. The van der Waals surface area contributed by atoms with Crippen molar-refractivity contribution in [3.05, 3.63) is 48.7 Å². The number of nitrogens with zero attached hydrogens (tertiary/aromatic N) is 2. The normalized spacial score (nSPS) is 17.4. The van der Waals surface area contributed by atoms with Gasteiger partial charge in [-0.2, -0.15) is 0 Å². The Labute approximate surface area is 209 Å². The van der Waals surface area contributed by atoms with Crippen molar-refractivity contribution in [2.45, 2.75) is 38.3 Å². The van der Waals surface area contributed by atoms with Gasteiger partial charge in [-0.3, -0.25) is 4.98 Å². The van der Waals surface area contributed by atoms with Crippen LogP contribution in [0.1, 0.15) is 26.2 Å². The molecule has 1 fully saturated rings. The van der Waals surface area contributed by atoms with Crippen LogP contribution < -0.4 is 30.0 Å². The number of methoxy groups -OCH3 is 2. The molecule has 0 spiro atoms. The van der Waals surface area contributed by atoms with Crippen LogP contribution >= 0.6 is 0 Å². The van der Waals surface area contributed by atoms with Crippen molar-refractivity contribution in [1.82, 2.24) is 15.2 Å². The maximum atomic E-state index is 12.5. The highest BCUT2D eigenvalue weighted by Gasteiger charge is 2.28. The first-order chi connectivity index (χ1) is 17.4. The number of piperidine rings is 1. The third-order valence-corrected chi connectivity index (χ3v) is 6.30. The maximum absolute atomic E-state index is 12.5. The van der Waals surface area contributed by atoms with Crippen LogP contribution in [0, 0.1) is 0 Å². The fraction of sp³-hybridized carbons (Fsp3) is 0.346. The number of urea groups is 1. The standard InChI is InChI=1S/C26H30N4O6/c1-4-18-13-17(10-12-30(18)26(32)33)29-25(31)28-16-5-7-19(8-6-16)36-22-9-11-27-21-15-24(35-3)23(34-2)14-20(21)22/h5-9,11,14-15,17-18H,4,10,12-13H2,1-3H3,(H,32,33)(H2,28,29,31)/p-1. The number of hydrogen-bond acceptors (Lipinski definition) is 7. The van der Waals surface area contributed by atoms with Gasteiger partial charge in [-0.05, 0) is 55.7 Å². The van der Waals surface area contributed by atoms with Crippen molar-refractivity contribution in [2.24, 2.45) is 0 Å². The zero-order valence-electron chi connectivity index (χ0n) is 20.4. The number of carbonyl (C=O) groups is 2. The molecular formula is C26H29N4O6-. The highest BCUT2D eigenvalue weighted by atomic mass is 16.5. The van der Waals surface area contributed by atoms with Gasteiger partial charge in [0.05, 0.1) is 19.7 Å². The molecule has 2 N–H and O–H groups in total. The molecule has 0 aliphatic carbocycles. The SMILES string of the molecule is CCC1CC(NC(=O)Nc2ccc(Oc3ccnc4cc(OC)c(OC)cc34)cc2)CCN1C(=O)[O-]. The summed E-state index contributed by atoms with van der Waals surface area (Å²) in [6, 6.07) is 11.8. The topological polar surface area (TPSA) is 125 Å². The van der Waals surface area contributed by atoms with Crippen molar-refractivity contribution in [3.8, 4) is 23.0 Å². The number of likely N-dealkylation sites (tertiary alicyclic amines) is 1. The van der Waals surface area contributed by atoms with E-state index in [0.717, 1.165) is 5.39 Å². The Kier molecular flexibility index (Phi) is 7.62. The quantitative estimate of drug-likeness (QED) is 0.513. The molecule has 36 heavy (non-hydrogen) atoms. The van der Waals surface area contributed by atoms with E-state index in [9.17, 15) is 14.7 Å². The Bertz CT molecular complexity index is 1230. The predicted molar refractivity (Wildman–Crippen MR) is 133 cm³/mol. The highest BCUT2D eigenvalue weighted by molar-refractivity contribution is 5.90. The molecule has 10 nitrogen and oxygen atoms in total. The van der Waals surface area contributed by atoms with Gasteiger partial charge in [-0.1, -0.05) is 6.92 Å². The summed E-state index contributed by atoms with van der Waals surface area (Å²) in [7, 11) is 3.14. The lowest BCUT2D eigenvalue weighted by Crippen LogP contribution is -2.55. The van der Waals surface area contributed by atoms with Crippen LogP contribution in [-0.4, -0.2) is 54.9 Å². The molecule has 4 rings (SSSR count). The van der Waals surface area contributed by atoms with Gasteiger partial charge in [-0.25, -0.2) is 4.79 Å². The van der Waals surface area contributed by atoms with Crippen molar-refractivity contribution in [1.29, 1.82) is 0 Å². The number of hydrogen-bond donors (Lipinski definition) is 2. The summed E-state index contributed by atoms with van der Waals surface area (Å²) in [6.45, 7) is 2.27. The summed E-state index contributed by atoms with van der Waals surface area (Å²) in [5.41, 5.74) is 1.31. The van der Waals surface area contributed by atoms with E-state index >= 15 is 0 Å². The Balaban J connectivity index is 1.38. The van der Waals surface area contributed by atoms with E-state index in [1.165, 1.54) is 4.90 Å². The Morgan fingerprint density at radius 3 is 2.47 bits per heavy atom. The minimum atomic E-state index is -1.16. The average Bonchev–Trinajstić information content (AvgIpc) is 2.88. The smallest absolute Gasteiger partial charge is 0.319 e. The van der Waals surface area contributed by atoms with E-state index in [1.807, 2.05) is 13.0 Å². The highest BCUT2D eigenvalue weighted by Crippen LogP contribution is 2.37. The molecule has 3 aromatic rings. The second-order valence-electron chi connectivity index (χ2n) is 8.50. The number of fused-ring (bicyclic) bond motifs is 1. The van der Waals surface area contributed by atoms with Crippen LogP contribution in [0.4, 0.5) is 15.3 Å². The fourth-order valence-corrected chi connectivity index (χ4v) is 4.43. The lowest BCUT2D eigenvalue weighted by atomic mass is 9.96. The van der Waals surface area contributed by atoms with Gasteiger partial charge < -0.3 is 39.6 Å². The minimum Gasteiger partial charge on any atom is -0.530 e. The molecule has 1 aliphatic heterocycles. The molecule has 2 atom stereocenters. The molecule has 2 aromatic carbocycles. The summed E-state index contributed by atoms with van der Waals surface area (Å²) in [5.74, 6) is 2.35. The van der Waals surface area contributed by atoms with Gasteiger partial charge in [-0.15, -0.1) is 0 Å². The number of benzene rings is 2. The van der Waals surface area contributed by atoms with Crippen molar-refractivity contribution in [3.63, 3.8) is 0 Å². The van der Waals surface area contributed by atoms with Gasteiger partial charge in [0.25, 0.3) is 0 Å². The lowest BCUT2D eigenvalue weighted by molar-refractivity contribution is -0.269. The van der Waals surface area contributed by atoms with Crippen LogP contribution in [0.3, 0.4) is 0 Å². The summed E-state index contributed by atoms with van der Waals surface area (Å²) >= 11 is 0. The summed E-state index contributed by atoms with van der Waals surface area (Å²) < 4.78 is 16.8. The van der Waals surface area contributed by atoms with Crippen molar-refractivity contribution >= 4 is 28.7 Å². The monoisotopic (exact) mass is 493 g/mol. The lowest BCUT2D eigenvalue weighted by Gasteiger charge is -2.40. The molecule has 1 aromatic heterocycles. The van der Waals surface area contributed by atoms with Gasteiger partial charge >= 0.3 is 6.03 Å². The predicted octanol–water partition coefficient (Wildman–Crippen LogP) is 3.75. The Morgan fingerprint density at radius 2 is 1.81 bits per heavy atom. The third kappa shape index (κ3) is 5.54. The van der Waals surface area contributed by atoms with Crippen molar-refractivity contribution < 1.29 is 28.9 Å². The Hall–Kier alpha value is -4.21. The molecule has 10 heteroatoms. The van der Waals surface area contributed by atoms with E-state index in [4.69, 9.17) is 14.2 Å². The molecule has 0 bridgehead atoms. The van der Waals surface area contributed by atoms with Gasteiger partial charge in [0, 0.05) is 42.0 Å². The first-order valence-corrected chi connectivity index (χ1v) is 11.8. The zero-order chi connectivity index (χ0) is 25.7. The van der Waals surface area contributed by atoms with Gasteiger partial charge in [0.15, 0.2) is 11.5 Å². The third-order valence-electron chi connectivity index (χ3n) is 6.30. The summed E-state index contributed by atoms with van der Waals surface area (Å²) in [5, 5.41) is 17.8. The number of pyridine rings is 1. The Morgan fingerprint density at radius 1 is 1.08 bits per heavy atom. The molecule has 0 radical (unpaired) electrons. The number of aromatic nitrogens is 1. The molecule has 2 unspecified atom stereocenters. The summed E-state index contributed by atoms with van der Waals surface area (Å²) in [6.07, 6.45) is 2.26.